The van der Waals surface area contributed by atoms with Gasteiger partial charge in [-0.15, -0.1) is 5.10 Å². The van der Waals surface area contributed by atoms with Crippen molar-refractivity contribution in [1.29, 1.82) is 0 Å². The van der Waals surface area contributed by atoms with Crippen LogP contribution in [0.3, 0.4) is 0 Å². The van der Waals surface area contributed by atoms with Crippen molar-refractivity contribution in [2.24, 2.45) is 0 Å². The van der Waals surface area contributed by atoms with Crippen molar-refractivity contribution in [3.05, 3.63) is 18.1 Å². The fourth-order valence-electron chi connectivity index (χ4n) is 2.05. The maximum atomic E-state index is 11.4. The summed E-state index contributed by atoms with van der Waals surface area (Å²) in [5, 5.41) is 7.60. The summed E-state index contributed by atoms with van der Waals surface area (Å²) in [7, 11) is -2.86. The summed E-state index contributed by atoms with van der Waals surface area (Å²) >= 11 is 1.41. The number of hydrogen-bond donors (Lipinski definition) is 1. The Morgan fingerprint density at radius 3 is 3.00 bits per heavy atom. The molecule has 1 N–H and O–H groups in total. The van der Waals surface area contributed by atoms with E-state index < -0.39 is 9.84 Å². The molecule has 0 aliphatic carbocycles. The number of rotatable bonds is 3. The van der Waals surface area contributed by atoms with Gasteiger partial charge in [0.1, 0.15) is 5.76 Å². The Morgan fingerprint density at radius 1 is 1.53 bits per heavy atom. The zero-order chi connectivity index (χ0) is 13.5. The Labute approximate surface area is 114 Å². The molecule has 1 fully saturated rings. The van der Waals surface area contributed by atoms with Crippen molar-refractivity contribution >= 4 is 21.6 Å². The van der Waals surface area contributed by atoms with E-state index in [1.807, 2.05) is 13.0 Å². The molecule has 0 saturated carbocycles. The maximum Gasteiger partial charge on any atom is 0.209 e. The molecule has 19 heavy (non-hydrogen) atoms. The third kappa shape index (κ3) is 2.69. The molecule has 1 aliphatic heterocycles. The number of aromatic nitrogens is 3. The van der Waals surface area contributed by atoms with Gasteiger partial charge in [-0.05, 0) is 19.4 Å². The van der Waals surface area contributed by atoms with Crippen molar-refractivity contribution < 1.29 is 12.8 Å². The molecule has 0 spiro atoms. The van der Waals surface area contributed by atoms with Crippen LogP contribution in [0.1, 0.15) is 12.2 Å². The Balaban J connectivity index is 1.74. The summed E-state index contributed by atoms with van der Waals surface area (Å²) in [5.74, 6) is 1.90. The summed E-state index contributed by atoms with van der Waals surface area (Å²) in [4.78, 5) is 4.37. The SMILES string of the molecule is Cc1occc1-c1nc(SC2CCS(=O)(=O)C2)n[nH]1. The summed E-state index contributed by atoms with van der Waals surface area (Å²) in [5.41, 5.74) is 0.874. The maximum absolute atomic E-state index is 11.4. The molecule has 1 aliphatic rings. The summed E-state index contributed by atoms with van der Waals surface area (Å²) in [6, 6.07) is 1.82. The molecule has 2 aromatic heterocycles. The molecule has 3 heterocycles. The first-order valence-electron chi connectivity index (χ1n) is 5.87. The van der Waals surface area contributed by atoms with E-state index in [0.29, 0.717) is 17.4 Å². The van der Waals surface area contributed by atoms with Crippen LogP contribution in [0.25, 0.3) is 11.4 Å². The van der Waals surface area contributed by atoms with Gasteiger partial charge in [0.25, 0.3) is 0 Å². The number of furan rings is 1. The Morgan fingerprint density at radius 2 is 2.37 bits per heavy atom. The zero-order valence-electron chi connectivity index (χ0n) is 10.3. The minimum atomic E-state index is -2.86. The van der Waals surface area contributed by atoms with E-state index in [4.69, 9.17) is 4.42 Å². The van der Waals surface area contributed by atoms with E-state index in [2.05, 4.69) is 15.2 Å². The molecule has 1 atom stereocenters. The van der Waals surface area contributed by atoms with Gasteiger partial charge >= 0.3 is 0 Å². The summed E-state index contributed by atoms with van der Waals surface area (Å²) < 4.78 is 28.0. The standard InChI is InChI=1S/C11H13N3O3S2/c1-7-9(2-4-17-7)10-12-11(14-13-10)18-8-3-5-19(15,16)6-8/h2,4,8H,3,5-6H2,1H3,(H,12,13,14). The molecular formula is C11H13N3O3S2. The lowest BCUT2D eigenvalue weighted by Gasteiger charge is -2.01. The third-order valence-electron chi connectivity index (χ3n) is 3.04. The van der Waals surface area contributed by atoms with Gasteiger partial charge < -0.3 is 4.42 Å². The zero-order valence-corrected chi connectivity index (χ0v) is 11.9. The number of aryl methyl sites for hydroxylation is 1. The molecule has 102 valence electrons. The lowest BCUT2D eigenvalue weighted by Crippen LogP contribution is -2.06. The largest absolute Gasteiger partial charge is 0.469 e. The molecule has 6 nitrogen and oxygen atoms in total. The molecule has 0 radical (unpaired) electrons. The number of sulfone groups is 1. The molecule has 0 aromatic carbocycles. The van der Waals surface area contributed by atoms with Crippen LogP contribution in [0.4, 0.5) is 0 Å². The number of hydrogen-bond acceptors (Lipinski definition) is 6. The topological polar surface area (TPSA) is 88.8 Å². The van der Waals surface area contributed by atoms with E-state index in [1.165, 1.54) is 11.8 Å². The van der Waals surface area contributed by atoms with Crippen LogP contribution in [0.5, 0.6) is 0 Å². The van der Waals surface area contributed by atoms with Crippen molar-refractivity contribution in [2.45, 2.75) is 23.8 Å². The first kappa shape index (κ1) is 12.7. The average Bonchev–Trinajstić information content (AvgIpc) is 3.01. The lowest BCUT2D eigenvalue weighted by molar-refractivity contribution is 0.535. The van der Waals surface area contributed by atoms with Gasteiger partial charge in [0.2, 0.25) is 5.16 Å². The van der Waals surface area contributed by atoms with E-state index in [0.717, 1.165) is 11.3 Å². The van der Waals surface area contributed by atoms with Crippen molar-refractivity contribution in [3.63, 3.8) is 0 Å². The molecule has 1 unspecified atom stereocenters. The molecule has 0 bridgehead atoms. The van der Waals surface area contributed by atoms with Crippen LogP contribution in [0, 0.1) is 6.92 Å². The Bertz CT molecular complexity index is 690. The Hall–Kier alpha value is -1.28. The highest BCUT2D eigenvalue weighted by Crippen LogP contribution is 2.30. The molecule has 0 amide bonds. The fourth-order valence-corrected chi connectivity index (χ4v) is 5.42. The van der Waals surface area contributed by atoms with Gasteiger partial charge in [0.15, 0.2) is 15.7 Å². The van der Waals surface area contributed by atoms with Crippen molar-refractivity contribution in [2.75, 3.05) is 11.5 Å². The highest BCUT2D eigenvalue weighted by Gasteiger charge is 2.29. The van der Waals surface area contributed by atoms with Crippen LogP contribution in [0.15, 0.2) is 21.9 Å². The lowest BCUT2D eigenvalue weighted by atomic mass is 10.2. The van der Waals surface area contributed by atoms with E-state index in [1.54, 1.807) is 6.26 Å². The second-order valence-electron chi connectivity index (χ2n) is 4.50. The fraction of sp³-hybridized carbons (Fsp3) is 0.455. The van der Waals surface area contributed by atoms with Gasteiger partial charge in [0, 0.05) is 5.25 Å². The van der Waals surface area contributed by atoms with Crippen molar-refractivity contribution in [1.82, 2.24) is 15.2 Å². The number of thioether (sulfide) groups is 1. The monoisotopic (exact) mass is 299 g/mol. The predicted molar refractivity (Wildman–Crippen MR) is 71.7 cm³/mol. The Kier molecular flexibility index (Phi) is 3.14. The van der Waals surface area contributed by atoms with E-state index in [9.17, 15) is 8.42 Å². The second-order valence-corrected chi connectivity index (χ2v) is 8.00. The first-order valence-corrected chi connectivity index (χ1v) is 8.57. The summed E-state index contributed by atoms with van der Waals surface area (Å²) in [6.45, 7) is 1.86. The van der Waals surface area contributed by atoms with Crippen LogP contribution < -0.4 is 0 Å². The van der Waals surface area contributed by atoms with Gasteiger partial charge in [0.05, 0.1) is 23.3 Å². The number of nitrogens with one attached hydrogen (secondary N) is 1. The molecular weight excluding hydrogens is 286 g/mol. The molecule has 8 heteroatoms. The van der Waals surface area contributed by atoms with Gasteiger partial charge in [-0.3, -0.25) is 5.10 Å². The second kappa shape index (κ2) is 4.68. The smallest absolute Gasteiger partial charge is 0.209 e. The first-order chi connectivity index (χ1) is 9.03. The van der Waals surface area contributed by atoms with Crippen LogP contribution in [-0.4, -0.2) is 40.4 Å². The van der Waals surface area contributed by atoms with E-state index >= 15 is 0 Å². The van der Waals surface area contributed by atoms with E-state index in [-0.39, 0.29) is 16.8 Å². The average molecular weight is 299 g/mol. The third-order valence-corrected chi connectivity index (χ3v) is 6.15. The minimum Gasteiger partial charge on any atom is -0.469 e. The van der Waals surface area contributed by atoms with Gasteiger partial charge in [-0.2, -0.15) is 0 Å². The van der Waals surface area contributed by atoms with Crippen LogP contribution in [-0.2, 0) is 9.84 Å². The number of aromatic amines is 1. The molecule has 3 rings (SSSR count). The highest BCUT2D eigenvalue weighted by atomic mass is 32.2. The molecule has 1 saturated heterocycles. The predicted octanol–water partition coefficient (Wildman–Crippen LogP) is 1.65. The summed E-state index contributed by atoms with van der Waals surface area (Å²) in [6.07, 6.45) is 2.27. The molecule has 2 aromatic rings. The minimum absolute atomic E-state index is 0.0547. The number of nitrogens with zero attached hydrogens (tertiary/aromatic N) is 2. The van der Waals surface area contributed by atoms with Crippen molar-refractivity contribution in [3.8, 4) is 11.4 Å². The highest BCUT2D eigenvalue weighted by molar-refractivity contribution is 8.01. The normalized spacial score (nSPS) is 21.8. The number of H-pyrrole nitrogens is 1. The van der Waals surface area contributed by atoms with Gasteiger partial charge in [-0.1, -0.05) is 11.8 Å². The van der Waals surface area contributed by atoms with Crippen LogP contribution >= 0.6 is 11.8 Å². The quantitative estimate of drug-likeness (QED) is 0.927. The van der Waals surface area contributed by atoms with Crippen LogP contribution in [0.2, 0.25) is 0 Å². The van der Waals surface area contributed by atoms with Gasteiger partial charge in [-0.25, -0.2) is 13.4 Å².